The molecule has 0 aromatic carbocycles. The molecule has 2 unspecified atom stereocenters. The third-order valence-electron chi connectivity index (χ3n) is 4.80. The number of likely N-dealkylation sites (tertiary alicyclic amines) is 1. The summed E-state index contributed by atoms with van der Waals surface area (Å²) in [5, 5.41) is 5.13. The van der Waals surface area contributed by atoms with Gasteiger partial charge in [0.2, 0.25) is 11.8 Å². The van der Waals surface area contributed by atoms with Crippen LogP contribution in [0.1, 0.15) is 32.1 Å². The first-order chi connectivity index (χ1) is 10.7. The van der Waals surface area contributed by atoms with Crippen molar-refractivity contribution in [1.29, 1.82) is 0 Å². The number of hydrogen-bond acceptors (Lipinski definition) is 3. The Morgan fingerprint density at radius 3 is 2.82 bits per heavy atom. The maximum atomic E-state index is 12.2. The summed E-state index contributed by atoms with van der Waals surface area (Å²) in [6, 6.07) is 2.92. The fraction of sp³-hybridized carbons (Fsp3) is 0.625. The first kappa shape index (κ1) is 14.9. The van der Waals surface area contributed by atoms with Crippen molar-refractivity contribution < 1.29 is 14.0 Å². The molecule has 3 rings (SSSR count). The van der Waals surface area contributed by atoms with Crippen molar-refractivity contribution in [2.45, 2.75) is 32.1 Å². The number of urea groups is 1. The molecule has 2 atom stereocenters. The fourth-order valence-corrected chi connectivity index (χ4v) is 3.60. The molecule has 2 N–H and O–H groups in total. The van der Waals surface area contributed by atoms with E-state index in [9.17, 15) is 9.59 Å². The number of nitrogens with zero attached hydrogens (tertiary/aromatic N) is 1. The van der Waals surface area contributed by atoms with Crippen molar-refractivity contribution in [3.8, 4) is 0 Å². The highest BCUT2D eigenvalue weighted by Crippen LogP contribution is 2.35. The summed E-state index contributed by atoms with van der Waals surface area (Å²) in [6.45, 7) is 1.70. The Balaban J connectivity index is 1.43. The molecule has 1 saturated carbocycles. The van der Waals surface area contributed by atoms with Gasteiger partial charge in [-0.1, -0.05) is 19.3 Å². The van der Waals surface area contributed by atoms with Crippen LogP contribution in [0.2, 0.25) is 0 Å². The SMILES string of the molecule is O=C(NCC(=O)N1CCC2CCCCC2C1)Nc1ccco1. The lowest BCUT2D eigenvalue weighted by Crippen LogP contribution is -2.48. The number of hydrogen-bond donors (Lipinski definition) is 2. The molecular formula is C16H23N3O3. The normalized spacial score (nSPS) is 24.5. The number of fused-ring (bicyclic) bond motifs is 1. The van der Waals surface area contributed by atoms with Crippen LogP contribution in [0.25, 0.3) is 0 Å². The zero-order valence-corrected chi connectivity index (χ0v) is 12.7. The number of rotatable bonds is 3. The van der Waals surface area contributed by atoms with Gasteiger partial charge in [-0.2, -0.15) is 0 Å². The highest BCUT2D eigenvalue weighted by Gasteiger charge is 2.32. The molecule has 22 heavy (non-hydrogen) atoms. The Hall–Kier alpha value is -1.98. The quantitative estimate of drug-likeness (QED) is 0.900. The molecule has 2 heterocycles. The number of piperidine rings is 1. The molecule has 1 saturated heterocycles. The minimum Gasteiger partial charge on any atom is -0.449 e. The van der Waals surface area contributed by atoms with Gasteiger partial charge < -0.3 is 14.6 Å². The molecule has 1 aromatic rings. The van der Waals surface area contributed by atoms with Crippen molar-refractivity contribution in [2.24, 2.45) is 11.8 Å². The van der Waals surface area contributed by atoms with Gasteiger partial charge >= 0.3 is 6.03 Å². The number of carbonyl (C=O) groups is 2. The Morgan fingerprint density at radius 1 is 1.23 bits per heavy atom. The number of amides is 3. The molecule has 120 valence electrons. The van der Waals surface area contributed by atoms with Crippen LogP contribution in [0, 0.1) is 11.8 Å². The largest absolute Gasteiger partial charge is 0.449 e. The average Bonchev–Trinajstić information content (AvgIpc) is 3.05. The summed E-state index contributed by atoms with van der Waals surface area (Å²) in [5.74, 6) is 1.82. The molecule has 0 radical (unpaired) electrons. The molecule has 6 heteroatoms. The minimum atomic E-state index is -0.421. The second-order valence-electron chi connectivity index (χ2n) is 6.22. The summed E-state index contributed by atoms with van der Waals surface area (Å²) >= 11 is 0. The zero-order valence-electron chi connectivity index (χ0n) is 12.7. The molecule has 2 aliphatic rings. The molecule has 6 nitrogen and oxygen atoms in total. The Labute approximate surface area is 130 Å². The van der Waals surface area contributed by atoms with Crippen molar-refractivity contribution >= 4 is 17.8 Å². The van der Waals surface area contributed by atoms with Crippen LogP contribution in [-0.2, 0) is 4.79 Å². The maximum Gasteiger partial charge on any atom is 0.322 e. The Morgan fingerprint density at radius 2 is 2.05 bits per heavy atom. The summed E-state index contributed by atoms with van der Waals surface area (Å²) in [7, 11) is 0. The van der Waals surface area contributed by atoms with Crippen molar-refractivity contribution in [2.75, 3.05) is 25.0 Å². The molecule has 3 amide bonds. The predicted octanol–water partition coefficient (Wildman–Crippen LogP) is 2.44. The van der Waals surface area contributed by atoms with E-state index in [1.807, 2.05) is 4.90 Å². The second-order valence-corrected chi connectivity index (χ2v) is 6.22. The smallest absolute Gasteiger partial charge is 0.322 e. The second kappa shape index (κ2) is 6.85. The molecule has 1 aromatic heterocycles. The number of anilines is 1. The molecular weight excluding hydrogens is 282 g/mol. The van der Waals surface area contributed by atoms with Gasteiger partial charge in [-0.05, 0) is 30.7 Å². The van der Waals surface area contributed by atoms with E-state index in [4.69, 9.17) is 4.42 Å². The lowest BCUT2D eigenvalue weighted by atomic mass is 9.75. The van der Waals surface area contributed by atoms with E-state index in [0.29, 0.717) is 11.8 Å². The third kappa shape index (κ3) is 3.61. The lowest BCUT2D eigenvalue weighted by Gasteiger charge is -2.41. The maximum absolute atomic E-state index is 12.2. The van der Waals surface area contributed by atoms with Crippen LogP contribution < -0.4 is 10.6 Å². The molecule has 0 bridgehead atoms. The number of nitrogens with one attached hydrogen (secondary N) is 2. The fourth-order valence-electron chi connectivity index (χ4n) is 3.60. The van der Waals surface area contributed by atoms with Gasteiger partial charge in [0.1, 0.15) is 0 Å². The van der Waals surface area contributed by atoms with Gasteiger partial charge in [-0.15, -0.1) is 0 Å². The minimum absolute atomic E-state index is 0.00128. The number of furan rings is 1. The standard InChI is InChI=1S/C16H23N3O3/c20-15(10-17-16(21)18-14-6-3-9-22-14)19-8-7-12-4-1-2-5-13(12)11-19/h3,6,9,12-13H,1-2,4-5,7-8,10-11H2,(H2,17,18,21). The summed E-state index contributed by atoms with van der Waals surface area (Å²) in [6.07, 6.45) is 7.76. The van der Waals surface area contributed by atoms with E-state index in [-0.39, 0.29) is 12.5 Å². The zero-order chi connectivity index (χ0) is 15.4. The first-order valence-corrected chi connectivity index (χ1v) is 8.08. The van der Waals surface area contributed by atoms with Crippen LogP contribution in [0.5, 0.6) is 0 Å². The van der Waals surface area contributed by atoms with Gasteiger partial charge in [0.05, 0.1) is 12.8 Å². The highest BCUT2D eigenvalue weighted by atomic mass is 16.3. The van der Waals surface area contributed by atoms with Gasteiger partial charge in [-0.3, -0.25) is 10.1 Å². The van der Waals surface area contributed by atoms with E-state index in [0.717, 1.165) is 25.4 Å². The Bertz CT molecular complexity index is 515. The molecule has 1 aliphatic heterocycles. The van der Waals surface area contributed by atoms with E-state index < -0.39 is 6.03 Å². The monoisotopic (exact) mass is 305 g/mol. The van der Waals surface area contributed by atoms with Gasteiger partial charge in [-0.25, -0.2) is 4.79 Å². The van der Waals surface area contributed by atoms with E-state index in [1.54, 1.807) is 12.1 Å². The van der Waals surface area contributed by atoms with Crippen LogP contribution in [0.4, 0.5) is 10.7 Å². The molecule has 2 fully saturated rings. The van der Waals surface area contributed by atoms with Crippen LogP contribution in [-0.4, -0.2) is 36.5 Å². The van der Waals surface area contributed by atoms with E-state index >= 15 is 0 Å². The average molecular weight is 305 g/mol. The van der Waals surface area contributed by atoms with Gasteiger partial charge in [0.25, 0.3) is 0 Å². The van der Waals surface area contributed by atoms with Gasteiger partial charge in [0.15, 0.2) is 0 Å². The Kier molecular flexibility index (Phi) is 4.65. The van der Waals surface area contributed by atoms with Crippen molar-refractivity contribution in [3.63, 3.8) is 0 Å². The molecule has 0 spiro atoms. The summed E-state index contributed by atoms with van der Waals surface area (Å²) < 4.78 is 5.02. The lowest BCUT2D eigenvalue weighted by molar-refractivity contribution is -0.133. The van der Waals surface area contributed by atoms with Crippen LogP contribution >= 0.6 is 0 Å². The van der Waals surface area contributed by atoms with E-state index in [2.05, 4.69) is 10.6 Å². The highest BCUT2D eigenvalue weighted by molar-refractivity contribution is 5.91. The van der Waals surface area contributed by atoms with Crippen LogP contribution in [0.3, 0.4) is 0 Å². The van der Waals surface area contributed by atoms with Crippen LogP contribution in [0.15, 0.2) is 22.8 Å². The van der Waals surface area contributed by atoms with Crippen molar-refractivity contribution in [1.82, 2.24) is 10.2 Å². The number of carbonyl (C=O) groups excluding carboxylic acids is 2. The van der Waals surface area contributed by atoms with Gasteiger partial charge in [0, 0.05) is 19.2 Å². The predicted molar refractivity (Wildman–Crippen MR) is 82.4 cm³/mol. The third-order valence-corrected chi connectivity index (χ3v) is 4.80. The summed E-state index contributed by atoms with van der Waals surface area (Å²) in [5.41, 5.74) is 0. The topological polar surface area (TPSA) is 74.6 Å². The first-order valence-electron chi connectivity index (χ1n) is 8.08. The van der Waals surface area contributed by atoms with E-state index in [1.165, 1.54) is 31.9 Å². The molecule has 1 aliphatic carbocycles. The van der Waals surface area contributed by atoms with Crippen molar-refractivity contribution in [3.05, 3.63) is 18.4 Å². The summed E-state index contributed by atoms with van der Waals surface area (Å²) in [4.78, 5) is 25.8.